The molecule has 0 spiro atoms. The summed E-state index contributed by atoms with van der Waals surface area (Å²) in [6.45, 7) is 6.47. The summed E-state index contributed by atoms with van der Waals surface area (Å²) in [4.78, 5) is 0. The number of benzene rings is 1. The molecule has 1 unspecified atom stereocenters. The minimum atomic E-state index is -0.727. The molecular formula is C16H20ClFN2O. The molecule has 0 aliphatic heterocycles. The molecular weight excluding hydrogens is 291 g/mol. The lowest BCUT2D eigenvalue weighted by Crippen LogP contribution is -2.10. The van der Waals surface area contributed by atoms with Crippen LogP contribution in [0.15, 0.2) is 18.2 Å². The number of aliphatic hydroxyl groups is 1. The lowest BCUT2D eigenvalue weighted by molar-refractivity contribution is 0.174. The van der Waals surface area contributed by atoms with Crippen molar-refractivity contribution in [1.82, 2.24) is 9.78 Å². The first-order valence-electron chi connectivity index (χ1n) is 7.16. The quantitative estimate of drug-likeness (QED) is 0.911. The number of halogens is 2. The fraction of sp³-hybridized carbons (Fsp3) is 0.438. The zero-order chi connectivity index (χ0) is 15.6. The number of rotatable bonds is 5. The van der Waals surface area contributed by atoms with Crippen LogP contribution in [0, 0.1) is 12.7 Å². The van der Waals surface area contributed by atoms with Gasteiger partial charge in [0.15, 0.2) is 0 Å². The standard InChI is InChI=1S/C16H20ClFN2O/c1-4-13-16(17)14(20(5-2)19-13)9-15(21)12-7-6-11(18)8-10(12)3/h6-8,15,21H,4-5,9H2,1-3H3. The summed E-state index contributed by atoms with van der Waals surface area (Å²) in [6, 6.07) is 4.41. The highest BCUT2D eigenvalue weighted by Crippen LogP contribution is 2.28. The molecule has 1 heterocycles. The Balaban J connectivity index is 2.31. The second kappa shape index (κ2) is 6.58. The normalized spacial score (nSPS) is 12.7. The molecule has 5 heteroatoms. The molecule has 114 valence electrons. The van der Waals surface area contributed by atoms with Crippen LogP contribution in [-0.4, -0.2) is 14.9 Å². The Morgan fingerprint density at radius 3 is 2.67 bits per heavy atom. The first-order chi connectivity index (χ1) is 9.97. The minimum absolute atomic E-state index is 0.298. The zero-order valence-electron chi connectivity index (χ0n) is 12.5. The maximum absolute atomic E-state index is 13.2. The molecule has 1 atom stereocenters. The molecule has 0 saturated carbocycles. The van der Waals surface area contributed by atoms with Crippen LogP contribution in [0.1, 0.15) is 42.5 Å². The summed E-state index contributed by atoms with van der Waals surface area (Å²) in [7, 11) is 0. The summed E-state index contributed by atoms with van der Waals surface area (Å²) in [5.74, 6) is -0.298. The fourth-order valence-corrected chi connectivity index (χ4v) is 2.86. The smallest absolute Gasteiger partial charge is 0.123 e. The van der Waals surface area contributed by atoms with Crippen molar-refractivity contribution < 1.29 is 9.50 Å². The predicted octanol–water partition coefficient (Wildman–Crippen LogP) is 3.84. The van der Waals surface area contributed by atoms with Gasteiger partial charge in [-0.2, -0.15) is 5.10 Å². The Kier molecular flexibility index (Phi) is 5.01. The highest BCUT2D eigenvalue weighted by Gasteiger charge is 2.19. The maximum atomic E-state index is 13.2. The first kappa shape index (κ1) is 16.0. The van der Waals surface area contributed by atoms with Crippen LogP contribution < -0.4 is 0 Å². The molecule has 0 saturated heterocycles. The molecule has 2 aromatic rings. The van der Waals surface area contributed by atoms with Crippen LogP contribution in [0.4, 0.5) is 4.39 Å². The van der Waals surface area contributed by atoms with Gasteiger partial charge in [0.25, 0.3) is 0 Å². The lowest BCUT2D eigenvalue weighted by Gasteiger charge is -2.15. The van der Waals surface area contributed by atoms with Gasteiger partial charge in [0.1, 0.15) is 5.82 Å². The van der Waals surface area contributed by atoms with Crippen molar-refractivity contribution >= 4 is 11.6 Å². The average molecular weight is 311 g/mol. The largest absolute Gasteiger partial charge is 0.388 e. The second-order valence-electron chi connectivity index (χ2n) is 5.10. The SMILES string of the molecule is CCc1nn(CC)c(CC(O)c2ccc(F)cc2C)c1Cl. The highest BCUT2D eigenvalue weighted by molar-refractivity contribution is 6.31. The summed E-state index contributed by atoms with van der Waals surface area (Å²) < 4.78 is 15.0. The molecule has 1 aromatic carbocycles. The fourth-order valence-electron chi connectivity index (χ4n) is 2.52. The van der Waals surface area contributed by atoms with E-state index in [0.717, 1.165) is 28.9 Å². The number of nitrogens with zero attached hydrogens (tertiary/aromatic N) is 2. The molecule has 2 rings (SSSR count). The van der Waals surface area contributed by atoms with Crippen molar-refractivity contribution in [3.8, 4) is 0 Å². The van der Waals surface area contributed by atoms with E-state index >= 15 is 0 Å². The van der Waals surface area contributed by atoms with Crippen molar-refractivity contribution in [2.24, 2.45) is 0 Å². The van der Waals surface area contributed by atoms with Crippen molar-refractivity contribution in [3.63, 3.8) is 0 Å². The molecule has 3 nitrogen and oxygen atoms in total. The number of aryl methyl sites for hydroxylation is 3. The number of aliphatic hydroxyl groups excluding tert-OH is 1. The van der Waals surface area contributed by atoms with Crippen molar-refractivity contribution in [1.29, 1.82) is 0 Å². The van der Waals surface area contributed by atoms with Crippen LogP contribution in [0.3, 0.4) is 0 Å². The van der Waals surface area contributed by atoms with Crippen LogP contribution in [0.5, 0.6) is 0 Å². The number of hydrogen-bond donors (Lipinski definition) is 1. The topological polar surface area (TPSA) is 38.0 Å². The molecule has 0 amide bonds. The van der Waals surface area contributed by atoms with E-state index in [1.54, 1.807) is 13.0 Å². The van der Waals surface area contributed by atoms with Gasteiger partial charge >= 0.3 is 0 Å². The predicted molar refractivity (Wildman–Crippen MR) is 82.1 cm³/mol. The van der Waals surface area contributed by atoms with Crippen LogP contribution >= 0.6 is 11.6 Å². The van der Waals surface area contributed by atoms with Gasteiger partial charge in [0.2, 0.25) is 0 Å². The van der Waals surface area contributed by atoms with Gasteiger partial charge < -0.3 is 5.11 Å². The Bertz CT molecular complexity index is 639. The molecule has 1 N–H and O–H groups in total. The van der Waals surface area contributed by atoms with Crippen LogP contribution in [0.2, 0.25) is 5.02 Å². The summed E-state index contributed by atoms with van der Waals surface area (Å²) in [5, 5.41) is 15.5. The van der Waals surface area contributed by atoms with Gasteiger partial charge in [-0.1, -0.05) is 24.6 Å². The molecule has 1 aromatic heterocycles. The van der Waals surface area contributed by atoms with E-state index in [9.17, 15) is 9.50 Å². The van der Waals surface area contributed by atoms with E-state index in [1.807, 2.05) is 18.5 Å². The summed E-state index contributed by atoms with van der Waals surface area (Å²) in [5.41, 5.74) is 3.12. The summed E-state index contributed by atoms with van der Waals surface area (Å²) in [6.07, 6.45) is 0.395. The van der Waals surface area contributed by atoms with Gasteiger partial charge in [0.05, 0.1) is 22.5 Å². The molecule has 0 aliphatic carbocycles. The Morgan fingerprint density at radius 1 is 1.38 bits per heavy atom. The van der Waals surface area contributed by atoms with E-state index in [1.165, 1.54) is 12.1 Å². The Hall–Kier alpha value is -1.39. The van der Waals surface area contributed by atoms with Gasteiger partial charge in [-0.25, -0.2) is 4.39 Å². The lowest BCUT2D eigenvalue weighted by atomic mass is 9.99. The Labute approximate surface area is 129 Å². The van der Waals surface area contributed by atoms with Gasteiger partial charge in [-0.05, 0) is 43.5 Å². The maximum Gasteiger partial charge on any atom is 0.123 e. The second-order valence-corrected chi connectivity index (χ2v) is 5.48. The highest BCUT2D eigenvalue weighted by atomic mass is 35.5. The van der Waals surface area contributed by atoms with Crippen LogP contribution in [0.25, 0.3) is 0 Å². The first-order valence-corrected chi connectivity index (χ1v) is 7.53. The molecule has 21 heavy (non-hydrogen) atoms. The van der Waals surface area contributed by atoms with E-state index in [4.69, 9.17) is 11.6 Å². The third kappa shape index (κ3) is 3.27. The monoisotopic (exact) mass is 310 g/mol. The van der Waals surface area contributed by atoms with Crippen molar-refractivity contribution in [2.75, 3.05) is 0 Å². The minimum Gasteiger partial charge on any atom is -0.388 e. The third-order valence-corrected chi connectivity index (χ3v) is 4.11. The van der Waals surface area contributed by atoms with Gasteiger partial charge in [-0.15, -0.1) is 0 Å². The van der Waals surface area contributed by atoms with Gasteiger partial charge in [0, 0.05) is 13.0 Å². The van der Waals surface area contributed by atoms with E-state index in [0.29, 0.717) is 18.0 Å². The van der Waals surface area contributed by atoms with E-state index in [-0.39, 0.29) is 5.82 Å². The third-order valence-electron chi connectivity index (χ3n) is 3.67. The van der Waals surface area contributed by atoms with Gasteiger partial charge in [-0.3, -0.25) is 4.68 Å². The van der Waals surface area contributed by atoms with Crippen molar-refractivity contribution in [3.05, 3.63) is 51.6 Å². The molecule has 0 bridgehead atoms. The van der Waals surface area contributed by atoms with E-state index in [2.05, 4.69) is 5.10 Å². The van der Waals surface area contributed by atoms with Crippen molar-refractivity contribution in [2.45, 2.75) is 46.3 Å². The van der Waals surface area contributed by atoms with E-state index < -0.39 is 6.10 Å². The number of hydrogen-bond acceptors (Lipinski definition) is 2. The average Bonchev–Trinajstić information content (AvgIpc) is 2.75. The molecule has 0 fully saturated rings. The zero-order valence-corrected chi connectivity index (χ0v) is 13.3. The van der Waals surface area contributed by atoms with Crippen LogP contribution in [-0.2, 0) is 19.4 Å². The molecule has 0 aliphatic rings. The molecule has 0 radical (unpaired) electrons. The number of aromatic nitrogens is 2. The summed E-state index contributed by atoms with van der Waals surface area (Å²) >= 11 is 6.35. The Morgan fingerprint density at radius 2 is 2.10 bits per heavy atom.